The van der Waals surface area contributed by atoms with E-state index in [0.29, 0.717) is 26.6 Å². The lowest BCUT2D eigenvalue weighted by Crippen LogP contribution is -1.96. The topological polar surface area (TPSA) is 53.1 Å². The Morgan fingerprint density at radius 3 is 2.67 bits per heavy atom. The Hall–Kier alpha value is -1.19. The van der Waals surface area contributed by atoms with E-state index >= 15 is 0 Å². The zero-order chi connectivity index (χ0) is 11.2. The van der Waals surface area contributed by atoms with Gasteiger partial charge in [-0.25, -0.2) is 4.79 Å². The number of benzene rings is 1. The number of carbonyl (C=O) groups is 1. The maximum Gasteiger partial charge on any atom is 0.338 e. The molecule has 0 atom stereocenters. The van der Waals surface area contributed by atoms with Gasteiger partial charge in [0.05, 0.1) is 21.1 Å². The number of aromatic nitrogens is 1. The van der Waals surface area contributed by atoms with Gasteiger partial charge < -0.3 is 10.1 Å². The van der Waals surface area contributed by atoms with Crippen molar-refractivity contribution in [1.82, 2.24) is 4.98 Å². The van der Waals surface area contributed by atoms with Crippen LogP contribution < -0.4 is 0 Å². The zero-order valence-corrected chi connectivity index (χ0v) is 9.28. The third kappa shape index (κ3) is 1.48. The summed E-state index contributed by atoms with van der Waals surface area (Å²) in [5, 5.41) is 10.4. The molecule has 1 heterocycles. The van der Waals surface area contributed by atoms with Crippen LogP contribution in [0.25, 0.3) is 10.9 Å². The first kappa shape index (κ1) is 10.3. The molecule has 15 heavy (non-hydrogen) atoms. The number of rotatable bonds is 1. The Morgan fingerprint density at radius 2 is 2.07 bits per heavy atom. The summed E-state index contributed by atoms with van der Waals surface area (Å²) in [5.74, 6) is -0.975. The molecule has 2 N–H and O–H groups in total. The lowest BCUT2D eigenvalue weighted by molar-refractivity contribution is 0.0698. The van der Waals surface area contributed by atoms with Gasteiger partial charge in [0.25, 0.3) is 0 Å². The molecule has 1 aromatic heterocycles. The number of carboxylic acids is 1. The monoisotopic (exact) mass is 243 g/mol. The number of aryl methyl sites for hydroxylation is 1. The lowest BCUT2D eigenvalue weighted by Gasteiger charge is -1.97. The highest BCUT2D eigenvalue weighted by Crippen LogP contribution is 2.33. The number of aromatic carboxylic acids is 1. The molecule has 2 rings (SSSR count). The van der Waals surface area contributed by atoms with Gasteiger partial charge in [-0.3, -0.25) is 0 Å². The maximum atomic E-state index is 11.0. The molecule has 1 aromatic carbocycles. The fourth-order valence-corrected chi connectivity index (χ4v) is 1.98. The van der Waals surface area contributed by atoms with E-state index < -0.39 is 5.97 Å². The van der Waals surface area contributed by atoms with Crippen LogP contribution >= 0.6 is 23.2 Å². The Labute approximate surface area is 95.6 Å². The van der Waals surface area contributed by atoms with Crippen molar-refractivity contribution in [3.05, 3.63) is 33.4 Å². The molecule has 2 aromatic rings. The minimum atomic E-state index is -0.975. The van der Waals surface area contributed by atoms with Crippen LogP contribution in [0.5, 0.6) is 0 Å². The SMILES string of the molecule is Cc1[nH]c2c(Cl)c(Cl)ccc2c1C(=O)O. The Bertz CT molecular complexity index is 560. The number of fused-ring (bicyclic) bond motifs is 1. The van der Waals surface area contributed by atoms with Gasteiger partial charge in [0.15, 0.2) is 0 Å². The smallest absolute Gasteiger partial charge is 0.338 e. The molecule has 0 radical (unpaired) electrons. The van der Waals surface area contributed by atoms with Crippen molar-refractivity contribution in [1.29, 1.82) is 0 Å². The van der Waals surface area contributed by atoms with Crippen LogP contribution in [0.4, 0.5) is 0 Å². The fourth-order valence-electron chi connectivity index (χ4n) is 1.61. The number of aromatic amines is 1. The first-order chi connectivity index (χ1) is 7.02. The normalized spacial score (nSPS) is 10.9. The van der Waals surface area contributed by atoms with E-state index in [2.05, 4.69) is 4.98 Å². The van der Waals surface area contributed by atoms with Crippen molar-refractivity contribution < 1.29 is 9.90 Å². The van der Waals surface area contributed by atoms with Crippen LogP contribution in [0, 0.1) is 6.92 Å². The van der Waals surface area contributed by atoms with E-state index in [1.165, 1.54) is 0 Å². The molecule has 0 aliphatic heterocycles. The Morgan fingerprint density at radius 1 is 1.40 bits per heavy atom. The van der Waals surface area contributed by atoms with Crippen LogP contribution in [0.1, 0.15) is 16.1 Å². The van der Waals surface area contributed by atoms with Gasteiger partial charge in [-0.15, -0.1) is 0 Å². The summed E-state index contributed by atoms with van der Waals surface area (Å²) >= 11 is 11.8. The summed E-state index contributed by atoms with van der Waals surface area (Å²) in [5.41, 5.74) is 1.38. The summed E-state index contributed by atoms with van der Waals surface area (Å²) < 4.78 is 0. The molecule has 0 aliphatic carbocycles. The van der Waals surface area contributed by atoms with Gasteiger partial charge >= 0.3 is 5.97 Å². The van der Waals surface area contributed by atoms with Crippen LogP contribution in [0.2, 0.25) is 10.0 Å². The average Bonchev–Trinajstić information content (AvgIpc) is 2.49. The van der Waals surface area contributed by atoms with Crippen molar-refractivity contribution in [2.24, 2.45) is 0 Å². The number of halogens is 2. The summed E-state index contributed by atoms with van der Waals surface area (Å²) in [4.78, 5) is 13.9. The molecule has 0 spiro atoms. The molecule has 0 unspecified atom stereocenters. The van der Waals surface area contributed by atoms with Gasteiger partial charge in [-0.1, -0.05) is 29.3 Å². The first-order valence-electron chi connectivity index (χ1n) is 4.22. The standard InChI is InChI=1S/C10H7Cl2NO2/c1-4-7(10(14)15)5-2-3-6(11)8(12)9(5)13-4/h2-3,13H,1H3,(H,14,15). The van der Waals surface area contributed by atoms with Crippen molar-refractivity contribution in [2.75, 3.05) is 0 Å². The number of hydrogen-bond donors (Lipinski definition) is 2. The minimum absolute atomic E-state index is 0.239. The molecule has 0 fully saturated rings. The fraction of sp³-hybridized carbons (Fsp3) is 0.100. The molecule has 5 heteroatoms. The molecule has 0 amide bonds. The van der Waals surface area contributed by atoms with Gasteiger partial charge in [0.2, 0.25) is 0 Å². The maximum absolute atomic E-state index is 11.0. The molecular weight excluding hydrogens is 237 g/mol. The molecule has 0 saturated heterocycles. The van der Waals surface area contributed by atoms with Crippen molar-refractivity contribution in [3.63, 3.8) is 0 Å². The van der Waals surface area contributed by atoms with E-state index in [0.717, 1.165) is 0 Å². The third-order valence-electron chi connectivity index (χ3n) is 2.27. The lowest BCUT2D eigenvalue weighted by atomic mass is 10.1. The highest BCUT2D eigenvalue weighted by Gasteiger charge is 2.17. The van der Waals surface area contributed by atoms with Crippen molar-refractivity contribution in [3.8, 4) is 0 Å². The van der Waals surface area contributed by atoms with Crippen LogP contribution in [0.15, 0.2) is 12.1 Å². The highest BCUT2D eigenvalue weighted by atomic mass is 35.5. The van der Waals surface area contributed by atoms with Crippen LogP contribution in [0.3, 0.4) is 0 Å². The van der Waals surface area contributed by atoms with Gasteiger partial charge in [-0.2, -0.15) is 0 Å². The Kier molecular flexibility index (Phi) is 2.37. The van der Waals surface area contributed by atoms with E-state index in [9.17, 15) is 4.79 Å². The summed E-state index contributed by atoms with van der Waals surface area (Å²) in [6.07, 6.45) is 0. The average molecular weight is 244 g/mol. The number of H-pyrrole nitrogens is 1. The van der Waals surface area contributed by atoms with Crippen LogP contribution in [-0.2, 0) is 0 Å². The predicted octanol–water partition coefficient (Wildman–Crippen LogP) is 3.48. The van der Waals surface area contributed by atoms with Gasteiger partial charge in [0.1, 0.15) is 0 Å². The Balaban J connectivity index is 2.91. The first-order valence-corrected chi connectivity index (χ1v) is 4.97. The second-order valence-electron chi connectivity index (χ2n) is 3.21. The molecule has 3 nitrogen and oxygen atoms in total. The summed E-state index contributed by atoms with van der Waals surface area (Å²) in [7, 11) is 0. The second kappa shape index (κ2) is 3.43. The van der Waals surface area contributed by atoms with Gasteiger partial charge in [0, 0.05) is 11.1 Å². The summed E-state index contributed by atoms with van der Waals surface area (Å²) in [6, 6.07) is 3.24. The number of carboxylic acid groups (broad SMARTS) is 1. The minimum Gasteiger partial charge on any atom is -0.478 e. The number of hydrogen-bond acceptors (Lipinski definition) is 1. The predicted molar refractivity (Wildman–Crippen MR) is 60.0 cm³/mol. The van der Waals surface area contributed by atoms with Crippen molar-refractivity contribution in [2.45, 2.75) is 6.92 Å². The molecule has 0 bridgehead atoms. The van der Waals surface area contributed by atoms with E-state index in [1.54, 1.807) is 19.1 Å². The zero-order valence-electron chi connectivity index (χ0n) is 7.77. The molecule has 0 aliphatic rings. The van der Waals surface area contributed by atoms with Gasteiger partial charge in [-0.05, 0) is 13.0 Å². The number of nitrogens with one attached hydrogen (secondary N) is 1. The van der Waals surface area contributed by atoms with Crippen molar-refractivity contribution >= 4 is 40.1 Å². The largest absolute Gasteiger partial charge is 0.478 e. The highest BCUT2D eigenvalue weighted by molar-refractivity contribution is 6.45. The molecule has 0 saturated carbocycles. The van der Waals surface area contributed by atoms with E-state index in [-0.39, 0.29) is 5.56 Å². The molecular formula is C10H7Cl2NO2. The van der Waals surface area contributed by atoms with Crippen LogP contribution in [-0.4, -0.2) is 16.1 Å². The quantitative estimate of drug-likeness (QED) is 0.806. The third-order valence-corrected chi connectivity index (χ3v) is 3.07. The van der Waals surface area contributed by atoms with E-state index in [4.69, 9.17) is 28.3 Å². The molecule has 78 valence electrons. The summed E-state index contributed by atoms with van der Waals surface area (Å²) in [6.45, 7) is 1.69. The van der Waals surface area contributed by atoms with E-state index in [1.807, 2.05) is 0 Å². The second-order valence-corrected chi connectivity index (χ2v) is 4.00.